The molecule has 0 aliphatic heterocycles. The monoisotopic (exact) mass is 209 g/mol. The maximum atomic E-state index is 14.5. The molecule has 0 spiro atoms. The Labute approximate surface area is 89.2 Å². The third-order valence-corrected chi connectivity index (χ3v) is 3.12. The van der Waals surface area contributed by atoms with Gasteiger partial charge in [0.25, 0.3) is 0 Å². The molecule has 1 atom stereocenters. The first-order valence-corrected chi connectivity index (χ1v) is 5.26. The molecule has 1 aromatic carbocycles. The molecular formula is C12H16FNO. The minimum absolute atomic E-state index is 0.0281. The van der Waals surface area contributed by atoms with Crippen molar-refractivity contribution in [1.82, 2.24) is 0 Å². The maximum absolute atomic E-state index is 14.5. The summed E-state index contributed by atoms with van der Waals surface area (Å²) in [5, 5.41) is 0. The second kappa shape index (κ2) is 3.81. The van der Waals surface area contributed by atoms with Gasteiger partial charge < -0.3 is 10.5 Å². The van der Waals surface area contributed by atoms with E-state index in [-0.39, 0.29) is 6.54 Å². The normalized spacial score (nSPS) is 24.7. The van der Waals surface area contributed by atoms with Crippen molar-refractivity contribution in [3.63, 3.8) is 0 Å². The predicted octanol–water partition coefficient (Wildman–Crippen LogP) is 2.16. The van der Waals surface area contributed by atoms with Crippen LogP contribution in [-0.2, 0) is 12.1 Å². The van der Waals surface area contributed by atoms with Gasteiger partial charge in [0.2, 0.25) is 0 Å². The van der Waals surface area contributed by atoms with Crippen LogP contribution in [0.4, 0.5) is 4.39 Å². The van der Waals surface area contributed by atoms with Gasteiger partial charge in [-0.1, -0.05) is 12.1 Å². The van der Waals surface area contributed by atoms with E-state index in [2.05, 4.69) is 0 Å². The number of alkyl halides is 1. The van der Waals surface area contributed by atoms with Gasteiger partial charge >= 0.3 is 0 Å². The van der Waals surface area contributed by atoms with Crippen LogP contribution in [0.1, 0.15) is 24.0 Å². The highest BCUT2D eigenvalue weighted by molar-refractivity contribution is 5.46. The summed E-state index contributed by atoms with van der Waals surface area (Å²) in [6.07, 6.45) is 2.27. The Morgan fingerprint density at radius 2 is 2.33 bits per heavy atom. The van der Waals surface area contributed by atoms with Gasteiger partial charge in [-0.2, -0.15) is 0 Å². The Kier molecular flexibility index (Phi) is 2.65. The van der Waals surface area contributed by atoms with Crippen molar-refractivity contribution in [2.75, 3.05) is 13.7 Å². The highest BCUT2D eigenvalue weighted by Crippen LogP contribution is 2.42. The molecule has 0 amide bonds. The van der Waals surface area contributed by atoms with Crippen LogP contribution in [0.3, 0.4) is 0 Å². The Balaban J connectivity index is 2.57. The Morgan fingerprint density at radius 3 is 3.00 bits per heavy atom. The summed E-state index contributed by atoms with van der Waals surface area (Å²) < 4.78 is 19.8. The van der Waals surface area contributed by atoms with Crippen LogP contribution >= 0.6 is 0 Å². The van der Waals surface area contributed by atoms with Gasteiger partial charge in [-0.05, 0) is 30.9 Å². The quantitative estimate of drug-likeness (QED) is 0.810. The molecule has 1 unspecified atom stereocenters. The zero-order valence-corrected chi connectivity index (χ0v) is 8.92. The van der Waals surface area contributed by atoms with Crippen LogP contribution in [0.25, 0.3) is 0 Å². The lowest BCUT2D eigenvalue weighted by Crippen LogP contribution is -2.34. The summed E-state index contributed by atoms with van der Waals surface area (Å²) in [5.41, 5.74) is 5.85. The van der Waals surface area contributed by atoms with Gasteiger partial charge in [0.05, 0.1) is 7.11 Å². The molecule has 2 nitrogen and oxygen atoms in total. The van der Waals surface area contributed by atoms with E-state index < -0.39 is 5.67 Å². The van der Waals surface area contributed by atoms with Gasteiger partial charge in [-0.3, -0.25) is 0 Å². The van der Waals surface area contributed by atoms with E-state index in [9.17, 15) is 4.39 Å². The summed E-state index contributed by atoms with van der Waals surface area (Å²) in [6, 6.07) is 5.66. The number of methoxy groups -OCH3 is 1. The second-order valence-electron chi connectivity index (χ2n) is 4.02. The summed E-state index contributed by atoms with van der Waals surface area (Å²) in [5.74, 6) is 0.625. The first-order valence-electron chi connectivity index (χ1n) is 5.26. The number of fused-ring (bicyclic) bond motifs is 1. The van der Waals surface area contributed by atoms with Gasteiger partial charge in [-0.15, -0.1) is 0 Å². The average molecular weight is 209 g/mol. The predicted molar refractivity (Wildman–Crippen MR) is 57.8 cm³/mol. The van der Waals surface area contributed by atoms with E-state index in [1.165, 1.54) is 0 Å². The van der Waals surface area contributed by atoms with Crippen LogP contribution in [-0.4, -0.2) is 13.7 Å². The van der Waals surface area contributed by atoms with E-state index in [1.807, 2.05) is 12.1 Å². The molecule has 0 heterocycles. The molecule has 0 bridgehead atoms. The molecule has 0 aromatic heterocycles. The first kappa shape index (κ1) is 10.4. The average Bonchev–Trinajstić information content (AvgIpc) is 2.28. The van der Waals surface area contributed by atoms with Crippen molar-refractivity contribution < 1.29 is 9.13 Å². The number of rotatable bonds is 2. The lowest BCUT2D eigenvalue weighted by Gasteiger charge is -2.32. The first-order chi connectivity index (χ1) is 7.21. The van der Waals surface area contributed by atoms with Crippen molar-refractivity contribution in [2.45, 2.75) is 24.9 Å². The largest absolute Gasteiger partial charge is 0.496 e. The van der Waals surface area contributed by atoms with Gasteiger partial charge in [0.1, 0.15) is 5.75 Å². The third kappa shape index (κ3) is 1.61. The molecule has 1 aliphatic rings. The molecule has 2 rings (SSSR count). The van der Waals surface area contributed by atoms with Crippen LogP contribution in [0, 0.1) is 0 Å². The second-order valence-corrected chi connectivity index (χ2v) is 4.02. The molecule has 15 heavy (non-hydrogen) atoms. The molecule has 2 N–H and O–H groups in total. The van der Waals surface area contributed by atoms with Gasteiger partial charge in [0, 0.05) is 12.1 Å². The molecule has 0 saturated heterocycles. The number of aryl methyl sites for hydroxylation is 1. The van der Waals surface area contributed by atoms with Crippen molar-refractivity contribution in [1.29, 1.82) is 0 Å². The fourth-order valence-corrected chi connectivity index (χ4v) is 2.35. The number of ether oxygens (including phenoxy) is 1. The summed E-state index contributed by atoms with van der Waals surface area (Å²) in [6.45, 7) is 0.0281. The minimum Gasteiger partial charge on any atom is -0.496 e. The zero-order chi connectivity index (χ0) is 10.9. The summed E-state index contributed by atoms with van der Waals surface area (Å²) in [7, 11) is 1.57. The van der Waals surface area contributed by atoms with Crippen LogP contribution in [0.15, 0.2) is 18.2 Å². The highest BCUT2D eigenvalue weighted by atomic mass is 19.1. The van der Waals surface area contributed by atoms with E-state index >= 15 is 0 Å². The highest BCUT2D eigenvalue weighted by Gasteiger charge is 2.37. The Bertz CT molecular complexity index is 352. The number of benzene rings is 1. The number of nitrogens with two attached hydrogens (primary N) is 1. The molecule has 3 heteroatoms. The molecule has 0 fully saturated rings. The van der Waals surface area contributed by atoms with E-state index in [0.29, 0.717) is 17.7 Å². The van der Waals surface area contributed by atoms with Gasteiger partial charge in [0.15, 0.2) is 5.67 Å². The maximum Gasteiger partial charge on any atom is 0.151 e. The zero-order valence-electron chi connectivity index (χ0n) is 8.92. The fourth-order valence-electron chi connectivity index (χ4n) is 2.35. The standard InChI is InChI=1S/C12H16FNO/c1-15-10-6-2-4-9-5-3-7-12(13,8-14)11(9)10/h2,4,6H,3,5,7-8,14H2,1H3. The Hall–Kier alpha value is -1.09. The lowest BCUT2D eigenvalue weighted by atomic mass is 9.80. The topological polar surface area (TPSA) is 35.2 Å². The van der Waals surface area contributed by atoms with Crippen molar-refractivity contribution in [3.8, 4) is 5.75 Å². The van der Waals surface area contributed by atoms with Crippen LogP contribution in [0.2, 0.25) is 0 Å². The number of halogens is 1. The molecule has 0 radical (unpaired) electrons. The lowest BCUT2D eigenvalue weighted by molar-refractivity contribution is 0.141. The Morgan fingerprint density at radius 1 is 1.53 bits per heavy atom. The summed E-state index contributed by atoms with van der Waals surface area (Å²) >= 11 is 0. The van der Waals surface area contributed by atoms with E-state index in [4.69, 9.17) is 10.5 Å². The van der Waals surface area contributed by atoms with Crippen LogP contribution in [0.5, 0.6) is 5.75 Å². The van der Waals surface area contributed by atoms with Gasteiger partial charge in [-0.25, -0.2) is 4.39 Å². The molecule has 0 saturated carbocycles. The number of hydrogen-bond donors (Lipinski definition) is 1. The van der Waals surface area contributed by atoms with Crippen molar-refractivity contribution in [3.05, 3.63) is 29.3 Å². The summed E-state index contributed by atoms with van der Waals surface area (Å²) in [4.78, 5) is 0. The molecule has 82 valence electrons. The van der Waals surface area contributed by atoms with Crippen molar-refractivity contribution >= 4 is 0 Å². The van der Waals surface area contributed by atoms with E-state index in [0.717, 1.165) is 18.4 Å². The molecule has 1 aliphatic carbocycles. The fraction of sp³-hybridized carbons (Fsp3) is 0.500. The van der Waals surface area contributed by atoms with E-state index in [1.54, 1.807) is 13.2 Å². The number of hydrogen-bond acceptors (Lipinski definition) is 2. The van der Waals surface area contributed by atoms with Crippen LogP contribution < -0.4 is 10.5 Å². The SMILES string of the molecule is COc1cccc2c1C(F)(CN)CCC2. The molecular weight excluding hydrogens is 193 g/mol. The third-order valence-electron chi connectivity index (χ3n) is 3.12. The molecule has 1 aromatic rings. The smallest absolute Gasteiger partial charge is 0.151 e. The minimum atomic E-state index is -1.40. The van der Waals surface area contributed by atoms with Crippen molar-refractivity contribution in [2.24, 2.45) is 5.73 Å².